The molecule has 2 aromatic heterocycles. The van der Waals surface area contributed by atoms with Crippen LogP contribution in [0.15, 0.2) is 21.6 Å². The highest BCUT2D eigenvalue weighted by atomic mass is 32.2. The SMILES string of the molecule is CN(C)CCn1nnnc1SCC1=C(C(=O)O)N2C(=O)C(NC(=O)C(=NOCC(=O)O)c3nsc(N)n3)[C@@H]2SC1. The second-order valence-corrected chi connectivity index (χ2v) is 11.3. The quantitative estimate of drug-likeness (QED) is 0.0826. The lowest BCUT2D eigenvalue weighted by atomic mass is 10.0. The zero-order valence-corrected chi connectivity index (χ0v) is 23.4. The number of carboxylic acid groups (broad SMARTS) is 2. The Morgan fingerprint density at radius 1 is 1.32 bits per heavy atom. The number of aliphatic carboxylic acids is 2. The number of nitrogens with zero attached hydrogens (tertiary/aromatic N) is 9. The third kappa shape index (κ3) is 6.48. The maximum absolute atomic E-state index is 13.0. The molecule has 4 rings (SSSR count). The van der Waals surface area contributed by atoms with Crippen LogP contribution in [0, 0.1) is 0 Å². The normalized spacial score (nSPS) is 18.9. The summed E-state index contributed by atoms with van der Waals surface area (Å²) in [4.78, 5) is 60.6. The number of nitrogen functional groups attached to an aromatic ring is 1. The van der Waals surface area contributed by atoms with Crippen molar-refractivity contribution in [2.24, 2.45) is 5.16 Å². The average Bonchev–Trinajstić information content (AvgIpc) is 3.54. The number of carbonyl (C=O) groups is 4. The fourth-order valence-electron chi connectivity index (χ4n) is 3.56. The van der Waals surface area contributed by atoms with E-state index in [1.165, 1.54) is 23.5 Å². The molecule has 2 atom stereocenters. The van der Waals surface area contributed by atoms with Crippen LogP contribution in [-0.2, 0) is 30.6 Å². The third-order valence-corrected chi connectivity index (χ3v) is 8.31. The zero-order valence-electron chi connectivity index (χ0n) is 21.0. The number of nitrogens with two attached hydrogens (primary N) is 1. The molecule has 0 spiro atoms. The molecule has 2 aliphatic heterocycles. The Labute approximate surface area is 238 Å². The molecule has 1 fully saturated rings. The summed E-state index contributed by atoms with van der Waals surface area (Å²) in [6.07, 6.45) is 0. The average molecular weight is 614 g/mol. The number of aromatic nitrogens is 6. The highest BCUT2D eigenvalue weighted by Gasteiger charge is 2.54. The number of carboxylic acids is 2. The summed E-state index contributed by atoms with van der Waals surface area (Å²) in [7, 11) is 3.84. The molecule has 18 nitrogen and oxygen atoms in total. The molecule has 5 N–H and O–H groups in total. The predicted octanol–water partition coefficient (Wildman–Crippen LogP) is -2.00. The fourth-order valence-corrected chi connectivity index (χ4v) is 6.38. The number of β-lactam (4-membered cyclic amide) rings is 1. The first-order valence-corrected chi connectivity index (χ1v) is 14.1. The molecule has 0 saturated carbocycles. The fraction of sp³-hybridized carbons (Fsp3) is 0.474. The smallest absolute Gasteiger partial charge is 0.352 e. The molecule has 0 radical (unpaired) electrons. The van der Waals surface area contributed by atoms with Gasteiger partial charge in [0.25, 0.3) is 11.8 Å². The largest absolute Gasteiger partial charge is 0.479 e. The van der Waals surface area contributed by atoms with Crippen molar-refractivity contribution in [1.29, 1.82) is 0 Å². The Morgan fingerprint density at radius 2 is 2.10 bits per heavy atom. The Kier molecular flexibility index (Phi) is 9.17. The highest BCUT2D eigenvalue weighted by molar-refractivity contribution is 8.01. The standard InChI is InChI=1S/C19H23N11O7S3/c1-28(2)3-4-29-19(23-26-27-29)39-7-8-6-38-16-11(15(34)30(16)12(8)17(35)36)21-14(33)10(24-37-5-9(31)32)13-22-18(20)40-25-13/h11,16H,3-7H2,1-2H3,(H,21,33)(H,31,32)(H,35,36)(H2,20,22,25)/t11?,16-/m0/s1. The molecular weight excluding hydrogens is 590 g/mol. The molecule has 21 heteroatoms. The number of carbonyl (C=O) groups excluding carboxylic acids is 2. The minimum atomic E-state index is -1.33. The van der Waals surface area contributed by atoms with E-state index in [1.54, 1.807) is 4.68 Å². The molecule has 0 aliphatic carbocycles. The molecule has 0 bridgehead atoms. The monoisotopic (exact) mass is 613 g/mol. The van der Waals surface area contributed by atoms with Gasteiger partial charge in [-0.2, -0.15) is 9.36 Å². The first-order chi connectivity index (χ1) is 19.1. The van der Waals surface area contributed by atoms with Gasteiger partial charge in [-0.05, 0) is 30.1 Å². The molecule has 2 aromatic rings. The third-order valence-electron chi connectivity index (χ3n) is 5.38. The van der Waals surface area contributed by atoms with Crippen molar-refractivity contribution in [3.05, 3.63) is 17.1 Å². The van der Waals surface area contributed by atoms with Crippen LogP contribution in [0.3, 0.4) is 0 Å². The first kappa shape index (κ1) is 29.2. The van der Waals surface area contributed by atoms with Gasteiger partial charge in [-0.15, -0.1) is 16.9 Å². The number of rotatable bonds is 13. The van der Waals surface area contributed by atoms with Crippen molar-refractivity contribution in [2.75, 3.05) is 44.5 Å². The topological polar surface area (TPSA) is 244 Å². The van der Waals surface area contributed by atoms with Gasteiger partial charge in [0.05, 0.1) is 6.54 Å². The van der Waals surface area contributed by atoms with Crippen LogP contribution in [0.1, 0.15) is 5.82 Å². The minimum Gasteiger partial charge on any atom is -0.479 e. The van der Waals surface area contributed by atoms with Gasteiger partial charge in [0.2, 0.25) is 23.3 Å². The summed E-state index contributed by atoms with van der Waals surface area (Å²) < 4.78 is 5.50. The van der Waals surface area contributed by atoms with E-state index in [0.717, 1.165) is 16.4 Å². The van der Waals surface area contributed by atoms with Crippen LogP contribution in [0.25, 0.3) is 0 Å². The van der Waals surface area contributed by atoms with Crippen LogP contribution < -0.4 is 11.1 Å². The van der Waals surface area contributed by atoms with E-state index in [0.29, 0.717) is 23.8 Å². The van der Waals surface area contributed by atoms with Gasteiger partial charge in [0.15, 0.2) is 5.13 Å². The Hall–Kier alpha value is -3.82. The predicted molar refractivity (Wildman–Crippen MR) is 141 cm³/mol. The Bertz CT molecular complexity index is 1370. The summed E-state index contributed by atoms with van der Waals surface area (Å²) in [5.74, 6) is -3.88. The van der Waals surface area contributed by atoms with E-state index in [2.05, 4.69) is 40.2 Å². The first-order valence-electron chi connectivity index (χ1n) is 11.3. The molecule has 2 amide bonds. The number of hydrogen-bond acceptors (Lipinski definition) is 16. The number of thioether (sulfide) groups is 2. The van der Waals surface area contributed by atoms with Gasteiger partial charge in [-0.3, -0.25) is 14.5 Å². The number of oxime groups is 1. The van der Waals surface area contributed by atoms with Crippen LogP contribution in [-0.4, -0.2) is 129 Å². The second kappa shape index (κ2) is 12.6. The summed E-state index contributed by atoms with van der Waals surface area (Å²) in [5.41, 5.74) is 5.43. The van der Waals surface area contributed by atoms with Crippen LogP contribution >= 0.6 is 35.1 Å². The molecule has 0 aromatic carbocycles. The summed E-state index contributed by atoms with van der Waals surface area (Å²) in [5, 5.41) is 36.2. The van der Waals surface area contributed by atoms with Gasteiger partial charge < -0.3 is 31.0 Å². The lowest BCUT2D eigenvalue weighted by Crippen LogP contribution is -2.71. The second-order valence-electron chi connectivity index (χ2n) is 8.46. The molecule has 40 heavy (non-hydrogen) atoms. The Morgan fingerprint density at radius 3 is 2.75 bits per heavy atom. The van der Waals surface area contributed by atoms with E-state index >= 15 is 0 Å². The van der Waals surface area contributed by atoms with Gasteiger partial charge in [0.1, 0.15) is 17.1 Å². The molecule has 214 valence electrons. The van der Waals surface area contributed by atoms with Crippen molar-refractivity contribution in [1.82, 2.24) is 44.7 Å². The summed E-state index contributed by atoms with van der Waals surface area (Å²) in [6, 6.07) is -1.08. The number of tetrazole rings is 1. The van der Waals surface area contributed by atoms with E-state index in [-0.39, 0.29) is 28.2 Å². The lowest BCUT2D eigenvalue weighted by molar-refractivity contribution is -0.150. The van der Waals surface area contributed by atoms with Crippen LogP contribution in [0.4, 0.5) is 5.13 Å². The van der Waals surface area contributed by atoms with Gasteiger partial charge >= 0.3 is 11.9 Å². The molecule has 4 heterocycles. The number of fused-ring (bicyclic) bond motifs is 1. The highest BCUT2D eigenvalue weighted by Crippen LogP contribution is 2.41. The van der Waals surface area contributed by atoms with Gasteiger partial charge in [-0.1, -0.05) is 16.9 Å². The number of anilines is 1. The van der Waals surface area contributed by atoms with Crippen molar-refractivity contribution in [3.63, 3.8) is 0 Å². The summed E-state index contributed by atoms with van der Waals surface area (Å²) >= 11 is 3.31. The van der Waals surface area contributed by atoms with Crippen LogP contribution in [0.5, 0.6) is 0 Å². The zero-order chi connectivity index (χ0) is 29.0. The van der Waals surface area contributed by atoms with Crippen molar-refractivity contribution >= 4 is 69.7 Å². The minimum absolute atomic E-state index is 0.0239. The molecular formula is C19H23N11O7S3. The van der Waals surface area contributed by atoms with E-state index in [1.807, 2.05) is 19.0 Å². The van der Waals surface area contributed by atoms with E-state index in [4.69, 9.17) is 10.8 Å². The Balaban J connectivity index is 1.46. The molecule has 1 saturated heterocycles. The van der Waals surface area contributed by atoms with Gasteiger partial charge in [-0.25, -0.2) is 14.3 Å². The van der Waals surface area contributed by atoms with E-state index in [9.17, 15) is 24.3 Å². The number of amides is 2. The number of nitrogens with one attached hydrogen (secondary N) is 1. The van der Waals surface area contributed by atoms with Crippen molar-refractivity contribution in [2.45, 2.75) is 23.1 Å². The number of hydrogen-bond donors (Lipinski definition) is 4. The van der Waals surface area contributed by atoms with Crippen LogP contribution in [0.2, 0.25) is 0 Å². The molecule has 2 aliphatic rings. The van der Waals surface area contributed by atoms with Crippen molar-refractivity contribution in [3.8, 4) is 0 Å². The maximum Gasteiger partial charge on any atom is 0.352 e. The number of likely N-dealkylation sites (N-methyl/N-ethyl adjacent to an activating group) is 1. The van der Waals surface area contributed by atoms with Gasteiger partial charge in [0, 0.05) is 29.6 Å². The molecule has 1 unspecified atom stereocenters. The lowest BCUT2D eigenvalue weighted by Gasteiger charge is -2.49. The maximum atomic E-state index is 13.0. The van der Waals surface area contributed by atoms with Crippen molar-refractivity contribution < 1.29 is 34.2 Å². The van der Waals surface area contributed by atoms with E-state index < -0.39 is 47.5 Å². The summed E-state index contributed by atoms with van der Waals surface area (Å²) in [6.45, 7) is 0.421.